The minimum absolute atomic E-state index is 0.150. The lowest BCUT2D eigenvalue weighted by molar-refractivity contribution is -0.134. The van der Waals surface area contributed by atoms with Crippen LogP contribution < -0.4 is 0 Å². The molecule has 31 heavy (non-hydrogen) atoms. The maximum Gasteiger partial charge on any atom is 0.235 e. The van der Waals surface area contributed by atoms with Crippen LogP contribution in [0.1, 0.15) is 49.5 Å². The molecule has 2 atom stereocenters. The van der Waals surface area contributed by atoms with Gasteiger partial charge in [0, 0.05) is 36.5 Å². The van der Waals surface area contributed by atoms with Gasteiger partial charge in [0.1, 0.15) is 0 Å². The molecule has 1 aromatic carbocycles. The zero-order valence-corrected chi connectivity index (χ0v) is 20.3. The Balaban J connectivity index is 1.69. The van der Waals surface area contributed by atoms with Gasteiger partial charge in [0.25, 0.3) is 0 Å². The highest BCUT2D eigenvalue weighted by atomic mass is 79.9. The van der Waals surface area contributed by atoms with Crippen molar-refractivity contribution in [1.29, 1.82) is 0 Å². The van der Waals surface area contributed by atoms with Crippen molar-refractivity contribution in [2.24, 2.45) is 11.8 Å². The minimum atomic E-state index is -0.210. The predicted molar refractivity (Wildman–Crippen MR) is 127 cm³/mol. The fourth-order valence-corrected chi connectivity index (χ4v) is 6.21. The van der Waals surface area contributed by atoms with E-state index in [1.807, 2.05) is 29.4 Å². The van der Waals surface area contributed by atoms with Crippen LogP contribution in [0.2, 0.25) is 0 Å². The lowest BCUT2D eigenvalue weighted by Crippen LogP contribution is -2.54. The number of hydrogen-bond acceptors (Lipinski definition) is 3. The van der Waals surface area contributed by atoms with Gasteiger partial charge in [0.2, 0.25) is 11.8 Å². The summed E-state index contributed by atoms with van der Waals surface area (Å²) >= 11 is 3.80. The summed E-state index contributed by atoms with van der Waals surface area (Å²) in [5.41, 5.74) is 4.36. The standard InChI is InChI=1S/C25H30BrN3O2/c1-5-28(6-2)23(30)16-12-19-17-8-7-9-20-21(17)18(13-25(19,3)27(4)14-16)22(26)29(20)24(31)15-10-11-15/h7-9,12,15-16H,5-6,10-11,13-14H2,1-4H3/t16-,25-/m1/s1. The molecule has 0 unspecified atom stereocenters. The van der Waals surface area contributed by atoms with Gasteiger partial charge >= 0.3 is 0 Å². The van der Waals surface area contributed by atoms with Crippen LogP contribution in [0.25, 0.3) is 16.5 Å². The number of carbonyl (C=O) groups is 2. The van der Waals surface area contributed by atoms with Crippen molar-refractivity contribution in [2.75, 3.05) is 26.7 Å². The number of hydrogen-bond donors (Lipinski definition) is 0. The summed E-state index contributed by atoms with van der Waals surface area (Å²) in [6.07, 6.45) is 5.01. The average Bonchev–Trinajstić information content (AvgIpc) is 3.56. The van der Waals surface area contributed by atoms with E-state index >= 15 is 0 Å². The molecule has 1 aromatic heterocycles. The molecule has 0 spiro atoms. The Morgan fingerprint density at radius 1 is 1.23 bits per heavy atom. The van der Waals surface area contributed by atoms with Gasteiger partial charge in [0.05, 0.1) is 16.0 Å². The number of amides is 1. The smallest absolute Gasteiger partial charge is 0.235 e. The van der Waals surface area contributed by atoms with Crippen LogP contribution in [0, 0.1) is 11.8 Å². The van der Waals surface area contributed by atoms with Crippen LogP contribution in [0.4, 0.5) is 0 Å². The molecule has 1 fully saturated rings. The number of nitrogens with zero attached hydrogens (tertiary/aromatic N) is 3. The summed E-state index contributed by atoms with van der Waals surface area (Å²) in [6.45, 7) is 8.51. The first-order chi connectivity index (χ1) is 14.8. The number of carbonyl (C=O) groups excluding carboxylic acids is 2. The Morgan fingerprint density at radius 2 is 1.94 bits per heavy atom. The molecule has 1 amide bonds. The average molecular weight is 484 g/mol. The fourth-order valence-electron chi connectivity index (χ4n) is 5.51. The molecule has 2 heterocycles. The van der Waals surface area contributed by atoms with Gasteiger partial charge in [-0.1, -0.05) is 18.2 Å². The molecule has 1 saturated carbocycles. The van der Waals surface area contributed by atoms with Gasteiger partial charge in [-0.05, 0) is 85.8 Å². The maximum atomic E-state index is 13.2. The second-order valence-corrected chi connectivity index (χ2v) is 10.2. The Bertz CT molecular complexity index is 1130. The molecule has 164 valence electrons. The van der Waals surface area contributed by atoms with E-state index in [1.165, 1.54) is 11.1 Å². The molecular weight excluding hydrogens is 454 g/mol. The SMILES string of the molecule is CCN(CC)C(=O)[C@@H]1C=C2c3cccc4c3c(c(Br)n4C(=O)C3CC3)C[C@@]2(C)N(C)C1. The number of aromatic nitrogens is 1. The lowest BCUT2D eigenvalue weighted by atomic mass is 9.71. The zero-order chi connectivity index (χ0) is 22.1. The van der Waals surface area contributed by atoms with E-state index in [4.69, 9.17) is 0 Å². The molecule has 5 nitrogen and oxygen atoms in total. The molecule has 0 N–H and O–H groups in total. The van der Waals surface area contributed by atoms with E-state index < -0.39 is 0 Å². The number of halogens is 1. The second kappa shape index (κ2) is 7.31. The van der Waals surface area contributed by atoms with Crippen molar-refractivity contribution in [3.63, 3.8) is 0 Å². The molecule has 2 aliphatic carbocycles. The summed E-state index contributed by atoms with van der Waals surface area (Å²) in [4.78, 5) is 30.6. The van der Waals surface area contributed by atoms with E-state index in [0.29, 0.717) is 6.54 Å². The monoisotopic (exact) mass is 483 g/mol. The van der Waals surface area contributed by atoms with Gasteiger partial charge in [-0.3, -0.25) is 19.1 Å². The molecule has 5 rings (SSSR count). The quantitative estimate of drug-likeness (QED) is 0.638. The molecule has 1 aliphatic heterocycles. The Kier molecular flexibility index (Phi) is 4.94. The highest BCUT2D eigenvalue weighted by Crippen LogP contribution is 2.50. The van der Waals surface area contributed by atoms with Crippen molar-refractivity contribution in [1.82, 2.24) is 14.4 Å². The number of likely N-dealkylation sites (N-methyl/N-ethyl adjacent to an activating group) is 1. The van der Waals surface area contributed by atoms with Crippen molar-refractivity contribution in [3.8, 4) is 0 Å². The summed E-state index contributed by atoms with van der Waals surface area (Å²) < 4.78 is 2.80. The van der Waals surface area contributed by atoms with Gasteiger partial charge in [-0.15, -0.1) is 0 Å². The van der Waals surface area contributed by atoms with E-state index in [-0.39, 0.29) is 29.2 Å². The first-order valence-electron chi connectivity index (χ1n) is 11.4. The van der Waals surface area contributed by atoms with Gasteiger partial charge < -0.3 is 4.90 Å². The molecule has 0 bridgehead atoms. The fraction of sp³-hybridized carbons (Fsp3) is 0.520. The van der Waals surface area contributed by atoms with Crippen LogP contribution in [0.5, 0.6) is 0 Å². The Morgan fingerprint density at radius 3 is 2.58 bits per heavy atom. The van der Waals surface area contributed by atoms with Crippen molar-refractivity contribution >= 4 is 44.2 Å². The van der Waals surface area contributed by atoms with E-state index in [0.717, 1.165) is 53.4 Å². The van der Waals surface area contributed by atoms with Crippen molar-refractivity contribution < 1.29 is 9.59 Å². The summed E-state index contributed by atoms with van der Waals surface area (Å²) in [5.74, 6) is 0.405. The molecule has 0 saturated heterocycles. The Labute approximate surface area is 192 Å². The normalized spacial score (nSPS) is 25.3. The van der Waals surface area contributed by atoms with E-state index in [9.17, 15) is 9.59 Å². The zero-order valence-electron chi connectivity index (χ0n) is 18.7. The maximum absolute atomic E-state index is 13.2. The van der Waals surface area contributed by atoms with E-state index in [1.54, 1.807) is 0 Å². The van der Waals surface area contributed by atoms with Crippen LogP contribution >= 0.6 is 15.9 Å². The predicted octanol–water partition coefficient (Wildman–Crippen LogP) is 4.58. The van der Waals surface area contributed by atoms with Gasteiger partial charge in [-0.2, -0.15) is 0 Å². The minimum Gasteiger partial charge on any atom is -0.343 e. The number of benzene rings is 1. The first kappa shape index (κ1) is 21.0. The lowest BCUT2D eigenvalue weighted by Gasteiger charge is -2.48. The summed E-state index contributed by atoms with van der Waals surface area (Å²) in [7, 11) is 2.13. The molecule has 3 aliphatic rings. The van der Waals surface area contributed by atoms with Crippen LogP contribution in [0.3, 0.4) is 0 Å². The van der Waals surface area contributed by atoms with Gasteiger partial charge in [-0.25, -0.2) is 0 Å². The van der Waals surface area contributed by atoms with Gasteiger partial charge in [0.15, 0.2) is 0 Å². The summed E-state index contributed by atoms with van der Waals surface area (Å²) in [5, 5.41) is 1.16. The molecule has 0 radical (unpaired) electrons. The molecular formula is C25H30BrN3O2. The topological polar surface area (TPSA) is 45.6 Å². The first-order valence-corrected chi connectivity index (χ1v) is 12.2. The van der Waals surface area contributed by atoms with Crippen LogP contribution in [0.15, 0.2) is 28.9 Å². The Hall–Kier alpha value is -1.92. The third-order valence-corrected chi connectivity index (χ3v) is 8.48. The second-order valence-electron chi connectivity index (χ2n) is 9.45. The highest BCUT2D eigenvalue weighted by molar-refractivity contribution is 9.10. The third-order valence-electron chi connectivity index (χ3n) is 7.64. The summed E-state index contributed by atoms with van der Waals surface area (Å²) in [6, 6.07) is 6.26. The van der Waals surface area contributed by atoms with Crippen molar-refractivity contribution in [2.45, 2.75) is 45.6 Å². The largest absolute Gasteiger partial charge is 0.343 e. The van der Waals surface area contributed by atoms with Crippen LogP contribution in [-0.2, 0) is 11.2 Å². The van der Waals surface area contributed by atoms with Crippen molar-refractivity contribution in [3.05, 3.63) is 40.0 Å². The third kappa shape index (κ3) is 2.98. The van der Waals surface area contributed by atoms with Crippen LogP contribution in [-0.4, -0.2) is 58.4 Å². The number of fused-ring (bicyclic) bond motifs is 2. The van der Waals surface area contributed by atoms with E-state index in [2.05, 4.69) is 53.0 Å². The number of rotatable bonds is 4. The molecule has 6 heteroatoms. The molecule has 2 aromatic rings. The highest BCUT2D eigenvalue weighted by Gasteiger charge is 2.46.